The Hall–Kier alpha value is -0.730. The summed E-state index contributed by atoms with van der Waals surface area (Å²) in [5.74, 6) is 0.279. The number of aliphatic hydroxyl groups is 1. The first-order valence-corrected chi connectivity index (χ1v) is 3.91. The first-order valence-electron chi connectivity index (χ1n) is 3.91. The molecule has 0 saturated heterocycles. The highest BCUT2D eigenvalue weighted by Crippen LogP contribution is 2.13. The van der Waals surface area contributed by atoms with Crippen molar-refractivity contribution < 1.29 is 5.11 Å². The van der Waals surface area contributed by atoms with Crippen molar-refractivity contribution in [1.82, 2.24) is 0 Å². The molecule has 0 saturated carbocycles. The SMILES string of the molecule is CCCC(C)C(CO)N=[N+]=[N-]. The topological polar surface area (TPSA) is 69.0 Å². The lowest BCUT2D eigenvalue weighted by molar-refractivity contribution is 0.227. The standard InChI is InChI=1S/C7H15N3O/c1-3-4-6(2)7(5-11)9-10-8/h6-7,11H,3-5H2,1-2H3. The second-order valence-corrected chi connectivity index (χ2v) is 2.72. The van der Waals surface area contributed by atoms with E-state index < -0.39 is 0 Å². The Bertz CT molecular complexity index is 143. The molecule has 2 atom stereocenters. The van der Waals surface area contributed by atoms with Crippen LogP contribution in [-0.2, 0) is 0 Å². The lowest BCUT2D eigenvalue weighted by Crippen LogP contribution is -2.19. The average Bonchev–Trinajstić information content (AvgIpc) is 2.00. The van der Waals surface area contributed by atoms with Gasteiger partial charge in [0.15, 0.2) is 0 Å². The first kappa shape index (κ1) is 10.3. The van der Waals surface area contributed by atoms with Gasteiger partial charge in [0, 0.05) is 4.91 Å². The van der Waals surface area contributed by atoms with Gasteiger partial charge in [0.05, 0.1) is 12.6 Å². The molecule has 0 aliphatic carbocycles. The van der Waals surface area contributed by atoms with Gasteiger partial charge in [0.1, 0.15) is 0 Å². The van der Waals surface area contributed by atoms with Crippen LogP contribution in [0, 0.1) is 5.92 Å². The molecule has 4 heteroatoms. The van der Waals surface area contributed by atoms with Crippen LogP contribution in [0.2, 0.25) is 0 Å². The number of rotatable bonds is 5. The van der Waals surface area contributed by atoms with Crippen molar-refractivity contribution in [3.63, 3.8) is 0 Å². The number of aliphatic hydroxyl groups excluding tert-OH is 1. The summed E-state index contributed by atoms with van der Waals surface area (Å²) in [5.41, 5.74) is 8.13. The summed E-state index contributed by atoms with van der Waals surface area (Å²) in [7, 11) is 0. The lowest BCUT2D eigenvalue weighted by Gasteiger charge is -2.15. The number of nitrogens with zero attached hydrogens (tertiary/aromatic N) is 3. The zero-order valence-electron chi connectivity index (χ0n) is 7.06. The molecule has 11 heavy (non-hydrogen) atoms. The summed E-state index contributed by atoms with van der Waals surface area (Å²) < 4.78 is 0. The summed E-state index contributed by atoms with van der Waals surface area (Å²) >= 11 is 0. The van der Waals surface area contributed by atoms with Gasteiger partial charge in [0.2, 0.25) is 0 Å². The van der Waals surface area contributed by atoms with Crippen LogP contribution >= 0.6 is 0 Å². The maximum atomic E-state index is 8.79. The molecular formula is C7H15N3O. The average molecular weight is 157 g/mol. The molecule has 0 aromatic carbocycles. The minimum Gasteiger partial charge on any atom is -0.396 e. The van der Waals surface area contributed by atoms with Crippen molar-refractivity contribution in [3.8, 4) is 0 Å². The number of hydrogen-bond donors (Lipinski definition) is 1. The molecule has 0 rings (SSSR count). The second kappa shape index (κ2) is 6.01. The molecule has 0 radical (unpaired) electrons. The third-order valence-electron chi connectivity index (χ3n) is 1.79. The third-order valence-corrected chi connectivity index (χ3v) is 1.79. The van der Waals surface area contributed by atoms with Crippen LogP contribution in [0.1, 0.15) is 26.7 Å². The van der Waals surface area contributed by atoms with Gasteiger partial charge in [-0.05, 0) is 11.4 Å². The van der Waals surface area contributed by atoms with Gasteiger partial charge in [-0.2, -0.15) is 0 Å². The number of hydrogen-bond acceptors (Lipinski definition) is 2. The summed E-state index contributed by atoms with van der Waals surface area (Å²) in [5, 5.41) is 12.3. The summed E-state index contributed by atoms with van der Waals surface area (Å²) in [6.07, 6.45) is 2.04. The fourth-order valence-electron chi connectivity index (χ4n) is 1.04. The number of azide groups is 1. The van der Waals surface area contributed by atoms with Gasteiger partial charge in [-0.25, -0.2) is 0 Å². The van der Waals surface area contributed by atoms with Crippen LogP contribution in [0.15, 0.2) is 5.11 Å². The van der Waals surface area contributed by atoms with E-state index in [0.29, 0.717) is 0 Å². The predicted molar refractivity (Wildman–Crippen MR) is 44.1 cm³/mol. The normalized spacial score (nSPS) is 15.2. The van der Waals surface area contributed by atoms with Crippen molar-refractivity contribution in [3.05, 3.63) is 10.4 Å². The lowest BCUT2D eigenvalue weighted by atomic mass is 9.98. The van der Waals surface area contributed by atoms with Crippen LogP contribution in [0.5, 0.6) is 0 Å². The highest BCUT2D eigenvalue weighted by Gasteiger charge is 2.12. The van der Waals surface area contributed by atoms with E-state index in [1.165, 1.54) is 0 Å². The molecule has 0 aliphatic heterocycles. The summed E-state index contributed by atoms with van der Waals surface area (Å²) in [6.45, 7) is 4.01. The molecule has 1 N–H and O–H groups in total. The molecule has 0 aromatic heterocycles. The molecule has 0 aliphatic rings. The Morgan fingerprint density at radius 1 is 1.64 bits per heavy atom. The molecule has 0 aromatic rings. The Morgan fingerprint density at radius 2 is 2.27 bits per heavy atom. The summed E-state index contributed by atoms with van der Waals surface area (Å²) in [4.78, 5) is 2.68. The Kier molecular flexibility index (Phi) is 5.61. The molecule has 0 heterocycles. The Morgan fingerprint density at radius 3 is 2.64 bits per heavy atom. The van der Waals surface area contributed by atoms with E-state index in [-0.39, 0.29) is 18.6 Å². The monoisotopic (exact) mass is 157 g/mol. The summed E-state index contributed by atoms with van der Waals surface area (Å²) in [6, 6.07) is -0.250. The maximum absolute atomic E-state index is 8.79. The van der Waals surface area contributed by atoms with Gasteiger partial charge in [-0.3, -0.25) is 0 Å². The maximum Gasteiger partial charge on any atom is 0.0630 e. The van der Waals surface area contributed by atoms with Crippen molar-refractivity contribution in [1.29, 1.82) is 0 Å². The molecule has 4 nitrogen and oxygen atoms in total. The molecule has 0 spiro atoms. The van der Waals surface area contributed by atoms with E-state index >= 15 is 0 Å². The zero-order valence-corrected chi connectivity index (χ0v) is 7.06. The Balaban J connectivity index is 3.90. The van der Waals surface area contributed by atoms with E-state index in [1.54, 1.807) is 0 Å². The molecule has 0 bridgehead atoms. The molecule has 64 valence electrons. The molecule has 2 unspecified atom stereocenters. The van der Waals surface area contributed by atoms with Gasteiger partial charge in [0.25, 0.3) is 0 Å². The van der Waals surface area contributed by atoms with E-state index in [2.05, 4.69) is 16.9 Å². The first-order chi connectivity index (χ1) is 5.26. The molecule has 0 fully saturated rings. The zero-order chi connectivity index (χ0) is 8.69. The molecule has 0 amide bonds. The van der Waals surface area contributed by atoms with Gasteiger partial charge in [-0.15, -0.1) is 0 Å². The van der Waals surface area contributed by atoms with Crippen molar-refractivity contribution >= 4 is 0 Å². The van der Waals surface area contributed by atoms with Crippen molar-refractivity contribution in [2.45, 2.75) is 32.7 Å². The van der Waals surface area contributed by atoms with Crippen LogP contribution in [-0.4, -0.2) is 17.8 Å². The third kappa shape index (κ3) is 3.86. The van der Waals surface area contributed by atoms with E-state index in [4.69, 9.17) is 10.6 Å². The van der Waals surface area contributed by atoms with Crippen molar-refractivity contribution in [2.75, 3.05) is 6.61 Å². The predicted octanol–water partition coefficient (Wildman–Crippen LogP) is 2.09. The van der Waals surface area contributed by atoms with Crippen LogP contribution < -0.4 is 0 Å². The van der Waals surface area contributed by atoms with Crippen LogP contribution in [0.25, 0.3) is 10.4 Å². The fraction of sp³-hybridized carbons (Fsp3) is 1.00. The Labute approximate surface area is 66.9 Å². The molecular weight excluding hydrogens is 142 g/mol. The van der Waals surface area contributed by atoms with E-state index in [9.17, 15) is 0 Å². The van der Waals surface area contributed by atoms with Crippen LogP contribution in [0.3, 0.4) is 0 Å². The minimum absolute atomic E-state index is 0.0504. The highest BCUT2D eigenvalue weighted by molar-refractivity contribution is 4.71. The minimum atomic E-state index is -0.250. The quantitative estimate of drug-likeness (QED) is 0.370. The largest absolute Gasteiger partial charge is 0.396 e. The van der Waals surface area contributed by atoms with Crippen LogP contribution in [0.4, 0.5) is 0 Å². The highest BCUT2D eigenvalue weighted by atomic mass is 16.3. The second-order valence-electron chi connectivity index (χ2n) is 2.72. The van der Waals surface area contributed by atoms with Gasteiger partial charge >= 0.3 is 0 Å². The van der Waals surface area contributed by atoms with E-state index in [0.717, 1.165) is 12.8 Å². The fourth-order valence-corrected chi connectivity index (χ4v) is 1.04. The van der Waals surface area contributed by atoms with Gasteiger partial charge in [-0.1, -0.05) is 31.8 Å². The van der Waals surface area contributed by atoms with Gasteiger partial charge < -0.3 is 5.11 Å². The smallest absolute Gasteiger partial charge is 0.0630 e. The van der Waals surface area contributed by atoms with E-state index in [1.807, 2.05) is 6.92 Å². The van der Waals surface area contributed by atoms with Crippen molar-refractivity contribution in [2.24, 2.45) is 11.0 Å².